The Morgan fingerprint density at radius 3 is 2.07 bits per heavy atom. The van der Waals surface area contributed by atoms with Crippen LogP contribution in [0.5, 0.6) is 0 Å². The molecule has 2 unspecified atom stereocenters. The molecule has 0 bridgehead atoms. The Kier molecular flexibility index (Phi) is 6.79. The molecule has 1 heterocycles. The topological polar surface area (TPSA) is 40.5 Å². The number of carboxylic acid groups (broad SMARTS) is 1. The van der Waals surface area contributed by atoms with Crippen molar-refractivity contribution in [2.75, 3.05) is 19.6 Å². The van der Waals surface area contributed by atoms with E-state index in [0.717, 1.165) is 43.5 Å². The van der Waals surface area contributed by atoms with Crippen molar-refractivity contribution in [3.05, 3.63) is 71.3 Å². The average Bonchev–Trinajstić information content (AvgIpc) is 2.67. The zero-order valence-corrected chi connectivity index (χ0v) is 16.2. The van der Waals surface area contributed by atoms with Gasteiger partial charge in [0, 0.05) is 19.0 Å². The number of piperidine rings is 1. The van der Waals surface area contributed by atoms with Crippen LogP contribution >= 0.6 is 0 Å². The van der Waals surface area contributed by atoms with Crippen LogP contribution in [0, 0.1) is 23.5 Å². The van der Waals surface area contributed by atoms with Crippen molar-refractivity contribution in [3.8, 4) is 0 Å². The van der Waals surface area contributed by atoms with Crippen molar-refractivity contribution >= 4 is 5.97 Å². The molecule has 1 aliphatic heterocycles. The standard InChI is InChI=1S/C23H27F2NO2/c1-16-13-19(23(27)28)15-26(14-16)12-2-3-22(17-4-8-20(24)9-5-17)18-6-10-21(25)11-7-18/h4-11,16,19,22H,2-3,12-15H2,1H3,(H,27,28). The zero-order chi connectivity index (χ0) is 20.1. The van der Waals surface area contributed by atoms with Gasteiger partial charge in [-0.1, -0.05) is 31.2 Å². The number of likely N-dealkylation sites (tertiary alicyclic amines) is 1. The van der Waals surface area contributed by atoms with Gasteiger partial charge in [-0.05, 0) is 67.1 Å². The molecule has 2 aromatic carbocycles. The molecule has 1 N–H and O–H groups in total. The van der Waals surface area contributed by atoms with Gasteiger partial charge >= 0.3 is 5.97 Å². The van der Waals surface area contributed by atoms with Gasteiger partial charge in [0.1, 0.15) is 11.6 Å². The summed E-state index contributed by atoms with van der Waals surface area (Å²) in [6.45, 7) is 4.44. The minimum Gasteiger partial charge on any atom is -0.481 e. The molecule has 28 heavy (non-hydrogen) atoms. The first-order valence-electron chi connectivity index (χ1n) is 9.88. The SMILES string of the molecule is CC1CC(C(=O)O)CN(CCCC(c2ccc(F)cc2)c2ccc(F)cc2)C1. The van der Waals surface area contributed by atoms with E-state index < -0.39 is 5.97 Å². The lowest BCUT2D eigenvalue weighted by Crippen LogP contribution is -2.42. The van der Waals surface area contributed by atoms with Crippen LogP contribution in [-0.2, 0) is 4.79 Å². The Morgan fingerprint density at radius 1 is 1.04 bits per heavy atom. The van der Waals surface area contributed by atoms with Crippen molar-refractivity contribution in [1.82, 2.24) is 4.90 Å². The maximum atomic E-state index is 13.3. The minimum absolute atomic E-state index is 0.0543. The molecule has 1 aliphatic rings. The summed E-state index contributed by atoms with van der Waals surface area (Å²) in [4.78, 5) is 13.6. The Balaban J connectivity index is 1.67. The minimum atomic E-state index is -0.716. The largest absolute Gasteiger partial charge is 0.481 e. The maximum Gasteiger partial charge on any atom is 0.307 e. The normalized spacial score (nSPS) is 20.4. The highest BCUT2D eigenvalue weighted by atomic mass is 19.1. The second kappa shape index (κ2) is 9.28. The van der Waals surface area contributed by atoms with Crippen molar-refractivity contribution < 1.29 is 18.7 Å². The van der Waals surface area contributed by atoms with Gasteiger partial charge in [0.05, 0.1) is 5.92 Å². The highest BCUT2D eigenvalue weighted by Gasteiger charge is 2.29. The smallest absolute Gasteiger partial charge is 0.307 e. The lowest BCUT2D eigenvalue weighted by atomic mass is 9.86. The Labute approximate surface area is 165 Å². The molecule has 2 atom stereocenters. The van der Waals surface area contributed by atoms with E-state index in [-0.39, 0.29) is 23.5 Å². The van der Waals surface area contributed by atoms with Crippen LogP contribution in [0.2, 0.25) is 0 Å². The molecule has 150 valence electrons. The van der Waals surface area contributed by atoms with Crippen molar-refractivity contribution in [1.29, 1.82) is 0 Å². The van der Waals surface area contributed by atoms with Crippen LogP contribution in [0.3, 0.4) is 0 Å². The van der Waals surface area contributed by atoms with E-state index in [1.807, 2.05) is 0 Å². The van der Waals surface area contributed by atoms with Crippen LogP contribution < -0.4 is 0 Å². The molecule has 0 aromatic heterocycles. The van der Waals surface area contributed by atoms with Crippen molar-refractivity contribution in [3.63, 3.8) is 0 Å². The van der Waals surface area contributed by atoms with Crippen molar-refractivity contribution in [2.45, 2.75) is 32.1 Å². The summed E-state index contributed by atoms with van der Waals surface area (Å²) in [6.07, 6.45) is 2.46. The third-order valence-corrected chi connectivity index (χ3v) is 5.60. The van der Waals surface area contributed by atoms with Gasteiger partial charge in [0.2, 0.25) is 0 Å². The summed E-state index contributed by atoms with van der Waals surface area (Å²) >= 11 is 0. The molecule has 1 saturated heterocycles. The number of benzene rings is 2. The third-order valence-electron chi connectivity index (χ3n) is 5.60. The van der Waals surface area contributed by atoms with Gasteiger partial charge < -0.3 is 10.0 Å². The molecular weight excluding hydrogens is 360 g/mol. The van der Waals surface area contributed by atoms with E-state index in [1.165, 1.54) is 24.3 Å². The van der Waals surface area contributed by atoms with Crippen LogP contribution in [-0.4, -0.2) is 35.6 Å². The molecule has 2 aromatic rings. The Morgan fingerprint density at radius 2 is 1.57 bits per heavy atom. The number of carbonyl (C=O) groups is 1. The number of hydrogen-bond donors (Lipinski definition) is 1. The summed E-state index contributed by atoms with van der Waals surface area (Å²) in [7, 11) is 0. The van der Waals surface area contributed by atoms with Crippen molar-refractivity contribution in [2.24, 2.45) is 11.8 Å². The molecule has 3 rings (SSSR count). The maximum absolute atomic E-state index is 13.3. The molecule has 0 radical (unpaired) electrons. The van der Waals surface area contributed by atoms with Gasteiger partial charge in [-0.2, -0.15) is 0 Å². The summed E-state index contributed by atoms with van der Waals surface area (Å²) < 4.78 is 26.7. The first-order chi connectivity index (χ1) is 13.4. The van der Waals surface area contributed by atoms with Crippen LogP contribution in [0.15, 0.2) is 48.5 Å². The molecule has 1 fully saturated rings. The molecule has 3 nitrogen and oxygen atoms in total. The van der Waals surface area contributed by atoms with Gasteiger partial charge in [-0.25, -0.2) is 8.78 Å². The van der Waals surface area contributed by atoms with Crippen LogP contribution in [0.25, 0.3) is 0 Å². The summed E-state index contributed by atoms with van der Waals surface area (Å²) in [5, 5.41) is 9.34. The Bertz CT molecular complexity index is 731. The monoisotopic (exact) mass is 387 g/mol. The van der Waals surface area contributed by atoms with Gasteiger partial charge in [0.15, 0.2) is 0 Å². The molecule has 0 spiro atoms. The number of aliphatic carboxylic acids is 1. The fraction of sp³-hybridized carbons (Fsp3) is 0.435. The molecule has 0 saturated carbocycles. The second-order valence-corrected chi connectivity index (χ2v) is 7.93. The Hall–Kier alpha value is -2.27. The molecule has 5 heteroatoms. The lowest BCUT2D eigenvalue weighted by Gasteiger charge is -2.35. The lowest BCUT2D eigenvalue weighted by molar-refractivity contribution is -0.144. The average molecular weight is 387 g/mol. The number of nitrogens with zero attached hydrogens (tertiary/aromatic N) is 1. The summed E-state index contributed by atoms with van der Waals surface area (Å²) in [5.41, 5.74) is 2.01. The summed E-state index contributed by atoms with van der Waals surface area (Å²) in [5.74, 6) is -1.13. The van der Waals surface area contributed by atoms with E-state index in [4.69, 9.17) is 0 Å². The molecular formula is C23H27F2NO2. The van der Waals surface area contributed by atoms with E-state index in [0.29, 0.717) is 12.5 Å². The van der Waals surface area contributed by atoms with Gasteiger partial charge in [-0.15, -0.1) is 0 Å². The fourth-order valence-corrected chi connectivity index (χ4v) is 4.26. The quantitative estimate of drug-likeness (QED) is 0.733. The predicted molar refractivity (Wildman–Crippen MR) is 105 cm³/mol. The number of hydrogen-bond acceptors (Lipinski definition) is 2. The van der Waals surface area contributed by atoms with E-state index in [1.54, 1.807) is 24.3 Å². The number of rotatable bonds is 7. The zero-order valence-electron chi connectivity index (χ0n) is 16.2. The van der Waals surface area contributed by atoms with E-state index in [2.05, 4.69) is 11.8 Å². The van der Waals surface area contributed by atoms with Gasteiger partial charge in [0.25, 0.3) is 0 Å². The first-order valence-corrected chi connectivity index (χ1v) is 9.88. The molecule has 0 aliphatic carbocycles. The van der Waals surface area contributed by atoms with E-state index in [9.17, 15) is 18.7 Å². The summed E-state index contributed by atoms with van der Waals surface area (Å²) in [6, 6.07) is 13.0. The number of carboxylic acids is 1. The second-order valence-electron chi connectivity index (χ2n) is 7.93. The van der Waals surface area contributed by atoms with Gasteiger partial charge in [-0.3, -0.25) is 4.79 Å². The molecule has 0 amide bonds. The number of halogens is 2. The predicted octanol–water partition coefficient (Wildman–Crippen LogP) is 4.92. The fourth-order valence-electron chi connectivity index (χ4n) is 4.26. The first kappa shape index (κ1) is 20.5. The third kappa shape index (κ3) is 5.38. The highest BCUT2D eigenvalue weighted by Crippen LogP contribution is 2.30. The van der Waals surface area contributed by atoms with Crippen LogP contribution in [0.1, 0.15) is 43.2 Å². The highest BCUT2D eigenvalue weighted by molar-refractivity contribution is 5.70. The van der Waals surface area contributed by atoms with Crippen LogP contribution in [0.4, 0.5) is 8.78 Å². The van der Waals surface area contributed by atoms with E-state index >= 15 is 0 Å².